The van der Waals surface area contributed by atoms with Gasteiger partial charge in [0.05, 0.1) is 18.8 Å². The third-order valence-corrected chi connectivity index (χ3v) is 8.48. The van der Waals surface area contributed by atoms with Crippen molar-refractivity contribution in [3.05, 3.63) is 76.1 Å². The van der Waals surface area contributed by atoms with Crippen LogP contribution in [-0.4, -0.2) is 45.2 Å². The van der Waals surface area contributed by atoms with E-state index in [-0.39, 0.29) is 11.4 Å². The molecule has 0 radical (unpaired) electrons. The molecule has 6 rings (SSSR count). The molecule has 2 aliphatic rings. The van der Waals surface area contributed by atoms with Crippen molar-refractivity contribution in [2.75, 3.05) is 6.54 Å². The Hall–Kier alpha value is -3.31. The molecule has 11 heteroatoms. The van der Waals surface area contributed by atoms with Gasteiger partial charge in [0.25, 0.3) is 6.43 Å². The van der Waals surface area contributed by atoms with Gasteiger partial charge in [-0.3, -0.25) is 9.38 Å². The van der Waals surface area contributed by atoms with E-state index < -0.39 is 17.4 Å². The van der Waals surface area contributed by atoms with Crippen molar-refractivity contribution in [3.63, 3.8) is 0 Å². The lowest BCUT2D eigenvalue weighted by molar-refractivity contribution is 0.139. The van der Waals surface area contributed by atoms with Crippen LogP contribution in [0.25, 0.3) is 5.65 Å². The minimum atomic E-state index is -2.70. The summed E-state index contributed by atoms with van der Waals surface area (Å²) in [6.45, 7) is 6.72. The van der Waals surface area contributed by atoms with Crippen LogP contribution in [0.5, 0.6) is 5.88 Å². The van der Waals surface area contributed by atoms with Gasteiger partial charge in [0.15, 0.2) is 5.65 Å². The molecule has 8 nitrogen and oxygen atoms in total. The van der Waals surface area contributed by atoms with E-state index in [0.717, 1.165) is 46.5 Å². The summed E-state index contributed by atoms with van der Waals surface area (Å²) in [6.07, 6.45) is 2.94. The minimum Gasteiger partial charge on any atom is -0.469 e. The molecule has 1 aliphatic heterocycles. The van der Waals surface area contributed by atoms with Gasteiger partial charge in [0.1, 0.15) is 21.5 Å². The molecule has 4 aromatic heterocycles. The van der Waals surface area contributed by atoms with Crippen LogP contribution in [0.3, 0.4) is 0 Å². The fourth-order valence-electron chi connectivity index (χ4n) is 4.72. The lowest BCUT2D eigenvalue weighted by Crippen LogP contribution is -2.36. The molecular weight excluding hydrogens is 498 g/mol. The SMILES string of the molecule is Cc1cnc2c(c1)S(=O)N(Cc1nc(Cc3ccn4c(C(F)F)nnc4c3C)ccc1C)CC1(CC1)O2. The van der Waals surface area contributed by atoms with E-state index in [1.165, 1.54) is 4.40 Å². The quantitative estimate of drug-likeness (QED) is 0.384. The average Bonchev–Trinajstić information content (AvgIpc) is 3.49. The molecule has 1 aliphatic carbocycles. The summed E-state index contributed by atoms with van der Waals surface area (Å²) in [5.74, 6) is 0.0898. The van der Waals surface area contributed by atoms with E-state index >= 15 is 0 Å². The van der Waals surface area contributed by atoms with Crippen LogP contribution in [0.15, 0.2) is 41.6 Å². The second-order valence-corrected chi connectivity index (χ2v) is 11.4. The van der Waals surface area contributed by atoms with E-state index in [2.05, 4.69) is 15.2 Å². The van der Waals surface area contributed by atoms with E-state index in [4.69, 9.17) is 9.72 Å². The zero-order valence-corrected chi connectivity index (χ0v) is 21.6. The smallest absolute Gasteiger partial charge is 0.297 e. The maximum absolute atomic E-state index is 13.6. The monoisotopic (exact) mass is 524 g/mol. The van der Waals surface area contributed by atoms with Crippen molar-refractivity contribution in [2.24, 2.45) is 0 Å². The Morgan fingerprint density at radius 1 is 1.16 bits per heavy atom. The Kier molecular flexibility index (Phi) is 5.79. The Morgan fingerprint density at radius 2 is 1.97 bits per heavy atom. The lowest BCUT2D eigenvalue weighted by Gasteiger charge is -2.22. The summed E-state index contributed by atoms with van der Waals surface area (Å²) in [5, 5.41) is 7.61. The Bertz CT molecular complexity index is 1550. The molecule has 1 spiro atoms. The first-order valence-corrected chi connectivity index (χ1v) is 13.2. The predicted octanol–water partition coefficient (Wildman–Crippen LogP) is 4.42. The van der Waals surface area contributed by atoms with Crippen molar-refractivity contribution >= 4 is 16.6 Å². The largest absolute Gasteiger partial charge is 0.469 e. The minimum absolute atomic E-state index is 0.351. The van der Waals surface area contributed by atoms with Gasteiger partial charge in [0.2, 0.25) is 11.7 Å². The average molecular weight is 525 g/mol. The summed E-state index contributed by atoms with van der Waals surface area (Å²) in [7, 11) is -1.43. The van der Waals surface area contributed by atoms with Gasteiger partial charge in [-0.2, -0.15) is 0 Å². The highest BCUT2D eigenvalue weighted by Crippen LogP contribution is 2.45. The summed E-state index contributed by atoms with van der Waals surface area (Å²) in [5.41, 5.74) is 5.39. The van der Waals surface area contributed by atoms with Gasteiger partial charge in [-0.05, 0) is 74.1 Å². The normalized spacial score (nSPS) is 18.7. The molecule has 5 heterocycles. The van der Waals surface area contributed by atoms with Crippen molar-refractivity contribution < 1.29 is 17.7 Å². The first-order chi connectivity index (χ1) is 17.7. The van der Waals surface area contributed by atoms with Crippen LogP contribution in [0, 0.1) is 20.8 Å². The molecule has 192 valence electrons. The van der Waals surface area contributed by atoms with Gasteiger partial charge in [-0.1, -0.05) is 6.07 Å². The molecule has 0 saturated heterocycles. The fraction of sp³-hybridized carbons (Fsp3) is 0.385. The van der Waals surface area contributed by atoms with Gasteiger partial charge in [-0.25, -0.2) is 22.3 Å². The van der Waals surface area contributed by atoms with E-state index in [1.54, 1.807) is 12.4 Å². The lowest BCUT2D eigenvalue weighted by atomic mass is 10.0. The number of pyridine rings is 3. The number of aryl methyl sites for hydroxylation is 3. The molecular formula is C26H26F2N6O2S. The number of halogens is 2. The molecule has 1 saturated carbocycles. The Labute approximate surface area is 215 Å². The predicted molar refractivity (Wildman–Crippen MR) is 133 cm³/mol. The highest BCUT2D eigenvalue weighted by molar-refractivity contribution is 7.82. The Balaban J connectivity index is 1.29. The summed E-state index contributed by atoms with van der Waals surface area (Å²) in [6, 6.07) is 7.67. The third-order valence-electron chi connectivity index (χ3n) is 7.08. The molecule has 1 atom stereocenters. The van der Waals surface area contributed by atoms with E-state index in [0.29, 0.717) is 35.9 Å². The number of alkyl halides is 2. The third kappa shape index (κ3) is 4.40. The maximum atomic E-state index is 13.6. The zero-order chi connectivity index (χ0) is 25.9. The second kappa shape index (κ2) is 8.91. The van der Waals surface area contributed by atoms with Crippen LogP contribution in [0.2, 0.25) is 0 Å². The van der Waals surface area contributed by atoms with Gasteiger partial charge in [0, 0.05) is 24.5 Å². The number of nitrogens with zero attached hydrogens (tertiary/aromatic N) is 6. The molecule has 0 aromatic carbocycles. The van der Waals surface area contributed by atoms with E-state index in [1.807, 2.05) is 49.3 Å². The Morgan fingerprint density at radius 3 is 2.73 bits per heavy atom. The topological polar surface area (TPSA) is 85.5 Å². The van der Waals surface area contributed by atoms with Crippen LogP contribution >= 0.6 is 0 Å². The first-order valence-electron chi connectivity index (χ1n) is 12.1. The molecule has 37 heavy (non-hydrogen) atoms. The number of hydrogen-bond donors (Lipinski definition) is 0. The molecule has 1 unspecified atom stereocenters. The molecule has 0 amide bonds. The molecule has 0 N–H and O–H groups in total. The number of fused-ring (bicyclic) bond motifs is 2. The number of ether oxygens (including phenoxy) is 1. The van der Waals surface area contributed by atoms with Gasteiger partial charge < -0.3 is 4.74 Å². The molecule has 1 fully saturated rings. The van der Waals surface area contributed by atoms with E-state index in [9.17, 15) is 13.0 Å². The standard InChI is InChI=1S/C26H26F2N6O2S/c1-15-10-21-25(29-12-15)36-26(7-8-26)14-33(37(21)35)13-20-16(2)4-5-19(30-20)11-18-6-9-34-23(17(18)3)31-32-24(34)22(27)28/h4-6,9-10,12,22H,7-8,11,13-14H2,1-3H3. The van der Waals surface area contributed by atoms with Crippen LogP contribution < -0.4 is 4.74 Å². The van der Waals surface area contributed by atoms with Gasteiger partial charge in [-0.15, -0.1) is 10.2 Å². The molecule has 0 bridgehead atoms. The number of hydrogen-bond acceptors (Lipinski definition) is 6. The zero-order valence-electron chi connectivity index (χ0n) is 20.7. The second-order valence-electron chi connectivity index (χ2n) is 9.91. The summed E-state index contributed by atoms with van der Waals surface area (Å²) in [4.78, 5) is 9.94. The number of rotatable bonds is 5. The van der Waals surface area contributed by atoms with Crippen LogP contribution in [-0.2, 0) is 24.0 Å². The van der Waals surface area contributed by atoms with Crippen molar-refractivity contribution in [1.82, 2.24) is 28.9 Å². The fourth-order valence-corrected chi connectivity index (χ4v) is 6.12. The maximum Gasteiger partial charge on any atom is 0.297 e. The first kappa shape index (κ1) is 24.1. The highest BCUT2D eigenvalue weighted by Gasteiger charge is 2.50. The summed E-state index contributed by atoms with van der Waals surface area (Å²) >= 11 is 0. The van der Waals surface area contributed by atoms with Crippen LogP contribution in [0.1, 0.15) is 58.7 Å². The van der Waals surface area contributed by atoms with Crippen LogP contribution in [0.4, 0.5) is 8.78 Å². The highest BCUT2D eigenvalue weighted by atomic mass is 32.2. The summed E-state index contributed by atoms with van der Waals surface area (Å²) < 4.78 is 49.6. The molecule has 4 aromatic rings. The van der Waals surface area contributed by atoms with Crippen molar-refractivity contribution in [3.8, 4) is 5.88 Å². The van der Waals surface area contributed by atoms with Crippen molar-refractivity contribution in [2.45, 2.75) is 63.5 Å². The van der Waals surface area contributed by atoms with Gasteiger partial charge >= 0.3 is 0 Å². The van der Waals surface area contributed by atoms with Crippen molar-refractivity contribution in [1.29, 1.82) is 0 Å². The number of aromatic nitrogens is 5.